The first-order valence-electron chi connectivity index (χ1n) is 7.56. The van der Waals surface area contributed by atoms with E-state index in [1.165, 1.54) is 11.1 Å². The number of hydrogen-bond acceptors (Lipinski definition) is 4. The fourth-order valence-electron chi connectivity index (χ4n) is 3.10. The average Bonchev–Trinajstić information content (AvgIpc) is 3.10. The number of nitrogens with zero attached hydrogens (tertiary/aromatic N) is 2. The monoisotopic (exact) mass is 315 g/mol. The van der Waals surface area contributed by atoms with Crippen LogP contribution in [0.4, 0.5) is 0 Å². The molecule has 1 aliphatic heterocycles. The Morgan fingerprint density at radius 3 is 2.77 bits per heavy atom. The highest BCUT2D eigenvalue weighted by Gasteiger charge is 2.34. The van der Waals surface area contributed by atoms with Gasteiger partial charge in [-0.25, -0.2) is 4.98 Å². The predicted molar refractivity (Wildman–Crippen MR) is 88.9 cm³/mol. The molecule has 1 aromatic carbocycles. The molecule has 116 valence electrons. The summed E-state index contributed by atoms with van der Waals surface area (Å²) in [6.07, 6.45) is 1.85. The molecule has 22 heavy (non-hydrogen) atoms. The number of nitrogens with one attached hydrogen (secondary N) is 1. The number of likely N-dealkylation sites (tertiary alicyclic amines) is 1. The van der Waals surface area contributed by atoms with E-state index < -0.39 is 0 Å². The van der Waals surface area contributed by atoms with Gasteiger partial charge in [-0.1, -0.05) is 29.8 Å². The molecule has 0 unspecified atom stereocenters. The SMILES string of the molecule is CC(=O)N[C@@H]1CN(Cc2nccs2)C[C@H]1c1ccc(C)cc1. The van der Waals surface area contributed by atoms with Crippen molar-refractivity contribution in [1.82, 2.24) is 15.2 Å². The lowest BCUT2D eigenvalue weighted by Crippen LogP contribution is -2.38. The van der Waals surface area contributed by atoms with Gasteiger partial charge in [0.2, 0.25) is 5.91 Å². The molecule has 1 aromatic heterocycles. The van der Waals surface area contributed by atoms with Gasteiger partial charge in [-0.2, -0.15) is 0 Å². The molecule has 0 radical (unpaired) electrons. The quantitative estimate of drug-likeness (QED) is 0.943. The third kappa shape index (κ3) is 3.54. The predicted octanol–water partition coefficient (Wildman–Crippen LogP) is 2.56. The zero-order chi connectivity index (χ0) is 15.5. The second kappa shape index (κ2) is 6.58. The molecule has 1 N–H and O–H groups in total. The number of rotatable bonds is 4. The minimum atomic E-state index is 0.0400. The summed E-state index contributed by atoms with van der Waals surface area (Å²) in [6.45, 7) is 6.37. The van der Waals surface area contributed by atoms with Crippen LogP contribution in [0.25, 0.3) is 0 Å². The summed E-state index contributed by atoms with van der Waals surface area (Å²) in [5.41, 5.74) is 2.56. The molecule has 5 heteroatoms. The van der Waals surface area contributed by atoms with E-state index in [0.29, 0.717) is 5.92 Å². The van der Waals surface area contributed by atoms with Crippen molar-refractivity contribution >= 4 is 17.2 Å². The van der Waals surface area contributed by atoms with E-state index in [1.807, 2.05) is 11.6 Å². The summed E-state index contributed by atoms with van der Waals surface area (Å²) in [6, 6.07) is 8.82. The molecule has 2 aromatic rings. The van der Waals surface area contributed by atoms with Gasteiger partial charge in [-0.15, -0.1) is 11.3 Å². The lowest BCUT2D eigenvalue weighted by molar-refractivity contribution is -0.119. The fraction of sp³-hybridized carbons (Fsp3) is 0.412. The maximum atomic E-state index is 11.5. The van der Waals surface area contributed by atoms with Crippen molar-refractivity contribution in [1.29, 1.82) is 0 Å². The summed E-state index contributed by atoms with van der Waals surface area (Å²) in [7, 11) is 0. The minimum absolute atomic E-state index is 0.0400. The number of carbonyl (C=O) groups is 1. The fourth-order valence-corrected chi connectivity index (χ4v) is 3.75. The number of benzene rings is 1. The minimum Gasteiger partial charge on any atom is -0.352 e. The van der Waals surface area contributed by atoms with Gasteiger partial charge in [-0.3, -0.25) is 9.69 Å². The summed E-state index contributed by atoms with van der Waals surface area (Å²) in [5.74, 6) is 0.377. The van der Waals surface area contributed by atoms with Crippen LogP contribution in [0.15, 0.2) is 35.8 Å². The number of amides is 1. The summed E-state index contributed by atoms with van der Waals surface area (Å²) in [5, 5.41) is 6.26. The molecule has 1 amide bonds. The van der Waals surface area contributed by atoms with Crippen molar-refractivity contribution in [3.8, 4) is 0 Å². The van der Waals surface area contributed by atoms with E-state index in [2.05, 4.69) is 46.4 Å². The van der Waals surface area contributed by atoms with Crippen LogP contribution < -0.4 is 5.32 Å². The molecular weight excluding hydrogens is 294 g/mol. The standard InChI is InChI=1S/C17H21N3OS/c1-12-3-5-14(6-4-12)15-9-20(10-16(15)19-13(2)21)11-17-18-7-8-22-17/h3-8,15-16H,9-11H2,1-2H3,(H,19,21)/t15-,16+/m0/s1. The van der Waals surface area contributed by atoms with Gasteiger partial charge in [0, 0.05) is 43.5 Å². The second-order valence-corrected chi connectivity index (χ2v) is 6.92. The third-order valence-corrected chi connectivity index (χ3v) is 4.90. The van der Waals surface area contributed by atoms with Crippen LogP contribution in [-0.4, -0.2) is 34.9 Å². The lowest BCUT2D eigenvalue weighted by atomic mass is 9.93. The van der Waals surface area contributed by atoms with E-state index in [9.17, 15) is 4.79 Å². The van der Waals surface area contributed by atoms with Gasteiger partial charge < -0.3 is 5.32 Å². The highest BCUT2D eigenvalue weighted by atomic mass is 32.1. The molecule has 3 rings (SSSR count). The Balaban J connectivity index is 1.76. The molecule has 2 atom stereocenters. The van der Waals surface area contributed by atoms with Gasteiger partial charge in [0.25, 0.3) is 0 Å². The van der Waals surface area contributed by atoms with E-state index in [0.717, 1.165) is 24.6 Å². The van der Waals surface area contributed by atoms with Crippen LogP contribution >= 0.6 is 11.3 Å². The Bertz CT molecular complexity index is 624. The Morgan fingerprint density at radius 2 is 2.14 bits per heavy atom. The van der Waals surface area contributed by atoms with E-state index >= 15 is 0 Å². The van der Waals surface area contributed by atoms with Crippen LogP contribution in [0.5, 0.6) is 0 Å². The maximum absolute atomic E-state index is 11.5. The first-order valence-corrected chi connectivity index (χ1v) is 8.44. The lowest BCUT2D eigenvalue weighted by Gasteiger charge is -2.19. The molecule has 0 spiro atoms. The largest absolute Gasteiger partial charge is 0.352 e. The number of carbonyl (C=O) groups excluding carboxylic acids is 1. The second-order valence-electron chi connectivity index (χ2n) is 5.94. The van der Waals surface area contributed by atoms with E-state index in [-0.39, 0.29) is 11.9 Å². The van der Waals surface area contributed by atoms with Gasteiger partial charge in [-0.05, 0) is 12.5 Å². The molecule has 0 saturated carbocycles. The number of hydrogen-bond donors (Lipinski definition) is 1. The van der Waals surface area contributed by atoms with Crippen LogP contribution in [0.3, 0.4) is 0 Å². The van der Waals surface area contributed by atoms with Crippen molar-refractivity contribution in [2.75, 3.05) is 13.1 Å². The number of aromatic nitrogens is 1. The first kappa shape index (κ1) is 15.2. The highest BCUT2D eigenvalue weighted by molar-refractivity contribution is 7.09. The van der Waals surface area contributed by atoms with Crippen molar-refractivity contribution in [3.63, 3.8) is 0 Å². The normalized spacial score (nSPS) is 21.9. The summed E-state index contributed by atoms with van der Waals surface area (Å²) in [4.78, 5) is 18.3. The Kier molecular flexibility index (Phi) is 4.55. The zero-order valence-electron chi connectivity index (χ0n) is 13.0. The molecule has 1 aliphatic rings. The Hall–Kier alpha value is -1.72. The highest BCUT2D eigenvalue weighted by Crippen LogP contribution is 2.29. The van der Waals surface area contributed by atoms with Crippen LogP contribution in [0.2, 0.25) is 0 Å². The average molecular weight is 315 g/mol. The van der Waals surface area contributed by atoms with Crippen LogP contribution in [-0.2, 0) is 11.3 Å². The van der Waals surface area contributed by atoms with Crippen LogP contribution in [0.1, 0.15) is 29.0 Å². The molecule has 2 heterocycles. The molecule has 0 bridgehead atoms. The molecular formula is C17H21N3OS. The zero-order valence-corrected chi connectivity index (χ0v) is 13.8. The third-order valence-electron chi connectivity index (χ3n) is 4.13. The topological polar surface area (TPSA) is 45.2 Å². The van der Waals surface area contributed by atoms with Gasteiger partial charge in [0.05, 0.1) is 6.54 Å². The number of thiazole rings is 1. The van der Waals surface area contributed by atoms with Crippen molar-refractivity contribution in [2.24, 2.45) is 0 Å². The van der Waals surface area contributed by atoms with Gasteiger partial charge in [0.15, 0.2) is 0 Å². The molecule has 0 aliphatic carbocycles. The molecule has 1 saturated heterocycles. The van der Waals surface area contributed by atoms with E-state index in [1.54, 1.807) is 18.3 Å². The van der Waals surface area contributed by atoms with Crippen molar-refractivity contribution in [3.05, 3.63) is 52.0 Å². The van der Waals surface area contributed by atoms with E-state index in [4.69, 9.17) is 0 Å². The van der Waals surface area contributed by atoms with Crippen molar-refractivity contribution in [2.45, 2.75) is 32.4 Å². The van der Waals surface area contributed by atoms with Crippen molar-refractivity contribution < 1.29 is 4.79 Å². The molecule has 4 nitrogen and oxygen atoms in total. The maximum Gasteiger partial charge on any atom is 0.217 e. The summed E-state index contributed by atoms with van der Waals surface area (Å²) < 4.78 is 0. The van der Waals surface area contributed by atoms with Gasteiger partial charge in [0.1, 0.15) is 5.01 Å². The van der Waals surface area contributed by atoms with Crippen LogP contribution in [0, 0.1) is 6.92 Å². The first-order chi connectivity index (χ1) is 10.6. The Labute approximate surface area is 135 Å². The van der Waals surface area contributed by atoms with Gasteiger partial charge >= 0.3 is 0 Å². The Morgan fingerprint density at radius 1 is 1.36 bits per heavy atom. The smallest absolute Gasteiger partial charge is 0.217 e. The number of aryl methyl sites for hydroxylation is 1. The summed E-state index contributed by atoms with van der Waals surface area (Å²) >= 11 is 1.68. The molecule has 1 fully saturated rings.